The largest absolute Gasteiger partial charge is 0.494 e. The van der Waals surface area contributed by atoms with Crippen molar-refractivity contribution in [1.29, 1.82) is 0 Å². The number of benzene rings is 2. The molecule has 0 heterocycles. The van der Waals surface area contributed by atoms with E-state index in [1.54, 1.807) is 30.3 Å². The monoisotopic (exact) mass is 376 g/mol. The van der Waals surface area contributed by atoms with Gasteiger partial charge in [0.1, 0.15) is 12.3 Å². The van der Waals surface area contributed by atoms with Crippen molar-refractivity contribution >= 4 is 27.3 Å². The summed E-state index contributed by atoms with van der Waals surface area (Å²) in [6.07, 6.45) is 1.10. The molecule has 0 atom stereocenters. The van der Waals surface area contributed by atoms with E-state index in [0.717, 1.165) is 21.7 Å². The average Bonchev–Trinajstić information content (AvgIpc) is 2.55. The molecule has 1 N–H and O–H groups in total. The van der Waals surface area contributed by atoms with Crippen LogP contribution in [-0.2, 0) is 14.8 Å². The van der Waals surface area contributed by atoms with Gasteiger partial charge in [-0.1, -0.05) is 18.2 Å². The number of carbonyl (C=O) groups is 1. The molecule has 0 bridgehead atoms. The summed E-state index contributed by atoms with van der Waals surface area (Å²) in [6, 6.07) is 12.5. The van der Waals surface area contributed by atoms with E-state index in [2.05, 4.69) is 5.32 Å². The Morgan fingerprint density at radius 1 is 1.15 bits per heavy atom. The quantitative estimate of drug-likeness (QED) is 0.806. The van der Waals surface area contributed by atoms with Gasteiger partial charge in [-0.2, -0.15) is 0 Å². The maximum absolute atomic E-state index is 12.5. The van der Waals surface area contributed by atoms with E-state index in [4.69, 9.17) is 4.74 Å². The third kappa shape index (κ3) is 5.23. The van der Waals surface area contributed by atoms with Gasteiger partial charge >= 0.3 is 0 Å². The fourth-order valence-corrected chi connectivity index (χ4v) is 3.44. The number of rotatable bonds is 7. The highest BCUT2D eigenvalue weighted by Crippen LogP contribution is 2.24. The van der Waals surface area contributed by atoms with Gasteiger partial charge in [0.25, 0.3) is 0 Å². The highest BCUT2D eigenvalue weighted by atomic mass is 32.2. The first-order valence-corrected chi connectivity index (χ1v) is 10.1. The van der Waals surface area contributed by atoms with Crippen LogP contribution in [0.4, 0.5) is 11.4 Å². The molecule has 2 aromatic rings. The predicted molar refractivity (Wildman–Crippen MR) is 104 cm³/mol. The number of ether oxygens (including phenoxy) is 1. The molecule has 2 aromatic carbocycles. The zero-order valence-corrected chi connectivity index (χ0v) is 16.3. The van der Waals surface area contributed by atoms with Gasteiger partial charge in [-0.25, -0.2) is 8.42 Å². The maximum Gasteiger partial charge on any atom is 0.245 e. The van der Waals surface area contributed by atoms with E-state index in [0.29, 0.717) is 23.7 Å². The second-order valence-corrected chi connectivity index (χ2v) is 7.98. The Bertz CT molecular complexity index is 894. The number of carbonyl (C=O) groups excluding carboxylic acids is 1. The van der Waals surface area contributed by atoms with Gasteiger partial charge in [-0.05, 0) is 50.1 Å². The smallest absolute Gasteiger partial charge is 0.245 e. The molecule has 140 valence electrons. The molecule has 1 amide bonds. The summed E-state index contributed by atoms with van der Waals surface area (Å²) < 4.78 is 31.0. The minimum absolute atomic E-state index is 0.304. The van der Waals surface area contributed by atoms with Crippen LogP contribution in [0.1, 0.15) is 18.1 Å². The van der Waals surface area contributed by atoms with E-state index in [-0.39, 0.29) is 6.54 Å². The molecule has 0 radical (unpaired) electrons. The number of nitrogens with zero attached hydrogens (tertiary/aromatic N) is 1. The van der Waals surface area contributed by atoms with E-state index in [9.17, 15) is 13.2 Å². The van der Waals surface area contributed by atoms with Crippen LogP contribution >= 0.6 is 0 Å². The first kappa shape index (κ1) is 19.8. The lowest BCUT2D eigenvalue weighted by molar-refractivity contribution is -0.114. The van der Waals surface area contributed by atoms with E-state index < -0.39 is 15.9 Å². The number of nitrogens with one attached hydrogen (secondary N) is 1. The zero-order chi connectivity index (χ0) is 19.3. The Morgan fingerprint density at radius 2 is 1.88 bits per heavy atom. The summed E-state index contributed by atoms with van der Waals surface area (Å²) in [7, 11) is -3.61. The molecule has 7 heteroatoms. The first-order chi connectivity index (χ1) is 12.2. The minimum Gasteiger partial charge on any atom is -0.494 e. The van der Waals surface area contributed by atoms with Crippen LogP contribution < -0.4 is 14.4 Å². The number of hydrogen-bond donors (Lipinski definition) is 1. The van der Waals surface area contributed by atoms with Gasteiger partial charge in [-0.3, -0.25) is 9.10 Å². The molecule has 0 unspecified atom stereocenters. The van der Waals surface area contributed by atoms with Crippen LogP contribution in [0, 0.1) is 13.8 Å². The summed E-state index contributed by atoms with van der Waals surface area (Å²) in [5, 5.41) is 2.72. The highest BCUT2D eigenvalue weighted by Gasteiger charge is 2.22. The summed E-state index contributed by atoms with van der Waals surface area (Å²) in [6.45, 7) is 5.78. The zero-order valence-electron chi connectivity index (χ0n) is 15.4. The van der Waals surface area contributed by atoms with Gasteiger partial charge in [0.05, 0.1) is 18.6 Å². The normalized spacial score (nSPS) is 11.1. The molecule has 0 aliphatic heterocycles. The number of sulfonamides is 1. The van der Waals surface area contributed by atoms with Crippen molar-refractivity contribution in [1.82, 2.24) is 0 Å². The minimum atomic E-state index is -3.61. The van der Waals surface area contributed by atoms with Crippen molar-refractivity contribution in [2.75, 3.05) is 29.0 Å². The average molecular weight is 376 g/mol. The lowest BCUT2D eigenvalue weighted by atomic mass is 10.1. The lowest BCUT2D eigenvalue weighted by Crippen LogP contribution is -2.37. The van der Waals surface area contributed by atoms with E-state index >= 15 is 0 Å². The van der Waals surface area contributed by atoms with Crippen LogP contribution in [0.5, 0.6) is 5.75 Å². The molecule has 0 spiro atoms. The van der Waals surface area contributed by atoms with Gasteiger partial charge < -0.3 is 10.1 Å². The third-order valence-corrected chi connectivity index (χ3v) is 4.88. The summed E-state index contributed by atoms with van der Waals surface area (Å²) in [5.41, 5.74) is 2.76. The topological polar surface area (TPSA) is 75.7 Å². The summed E-state index contributed by atoms with van der Waals surface area (Å²) in [5.74, 6) is 0.213. The Hall–Kier alpha value is -2.54. The number of aryl methyl sites for hydroxylation is 2. The Kier molecular flexibility index (Phi) is 6.26. The fourth-order valence-electron chi connectivity index (χ4n) is 2.53. The summed E-state index contributed by atoms with van der Waals surface area (Å²) in [4.78, 5) is 12.5. The lowest BCUT2D eigenvalue weighted by Gasteiger charge is -2.24. The standard InChI is InChI=1S/C19H24N2O4S/c1-5-25-17-8-6-7-16(12-17)20-19(22)13-21(26(4,23)24)18-11-14(2)9-10-15(18)3/h6-12H,5,13H2,1-4H3,(H,20,22). The maximum atomic E-state index is 12.5. The third-order valence-electron chi connectivity index (χ3n) is 3.75. The molecule has 0 aliphatic rings. The number of amides is 1. The first-order valence-electron chi connectivity index (χ1n) is 8.28. The van der Waals surface area contributed by atoms with Crippen molar-refractivity contribution < 1.29 is 17.9 Å². The Labute approximate surface area is 154 Å². The van der Waals surface area contributed by atoms with Gasteiger partial charge in [0, 0.05) is 11.8 Å². The van der Waals surface area contributed by atoms with Gasteiger partial charge in [0.2, 0.25) is 15.9 Å². The SMILES string of the molecule is CCOc1cccc(NC(=O)CN(c2cc(C)ccc2C)S(C)(=O)=O)c1. The summed E-state index contributed by atoms with van der Waals surface area (Å²) >= 11 is 0. The van der Waals surface area contributed by atoms with E-state index in [1.165, 1.54) is 0 Å². The second-order valence-electron chi connectivity index (χ2n) is 6.07. The van der Waals surface area contributed by atoms with Crippen molar-refractivity contribution in [3.05, 3.63) is 53.6 Å². The number of anilines is 2. The molecular weight excluding hydrogens is 352 g/mol. The van der Waals surface area contributed by atoms with E-state index in [1.807, 2.05) is 32.9 Å². The molecule has 0 saturated heterocycles. The van der Waals surface area contributed by atoms with Crippen LogP contribution in [0.2, 0.25) is 0 Å². The van der Waals surface area contributed by atoms with Crippen LogP contribution in [0.15, 0.2) is 42.5 Å². The molecule has 0 aromatic heterocycles. The molecule has 0 saturated carbocycles. The molecule has 6 nitrogen and oxygen atoms in total. The molecular formula is C19H24N2O4S. The van der Waals surface area contributed by atoms with Crippen molar-refractivity contribution in [2.24, 2.45) is 0 Å². The molecule has 2 rings (SSSR count). The van der Waals surface area contributed by atoms with Gasteiger partial charge in [0.15, 0.2) is 0 Å². The van der Waals surface area contributed by atoms with Crippen molar-refractivity contribution in [3.63, 3.8) is 0 Å². The Balaban J connectivity index is 2.22. The van der Waals surface area contributed by atoms with Crippen LogP contribution in [-0.4, -0.2) is 33.7 Å². The Morgan fingerprint density at radius 3 is 2.54 bits per heavy atom. The van der Waals surface area contributed by atoms with Crippen LogP contribution in [0.3, 0.4) is 0 Å². The van der Waals surface area contributed by atoms with Crippen LogP contribution in [0.25, 0.3) is 0 Å². The van der Waals surface area contributed by atoms with Gasteiger partial charge in [-0.15, -0.1) is 0 Å². The second kappa shape index (κ2) is 8.23. The van der Waals surface area contributed by atoms with Crippen molar-refractivity contribution in [3.8, 4) is 5.75 Å². The molecule has 0 fully saturated rings. The molecule has 26 heavy (non-hydrogen) atoms. The molecule has 0 aliphatic carbocycles. The van der Waals surface area contributed by atoms with Crippen molar-refractivity contribution in [2.45, 2.75) is 20.8 Å². The fraction of sp³-hybridized carbons (Fsp3) is 0.316. The highest BCUT2D eigenvalue weighted by molar-refractivity contribution is 7.92. The number of hydrogen-bond acceptors (Lipinski definition) is 4. The predicted octanol–water partition coefficient (Wildman–Crippen LogP) is 3.11.